The van der Waals surface area contributed by atoms with E-state index < -0.39 is 23.3 Å². The van der Waals surface area contributed by atoms with Crippen LogP contribution in [0.3, 0.4) is 0 Å². The Balaban J connectivity index is 0.000000107. The van der Waals surface area contributed by atoms with Gasteiger partial charge < -0.3 is 52.7 Å². The van der Waals surface area contributed by atoms with Crippen molar-refractivity contribution < 1.29 is 27.8 Å². The molecule has 10 N–H and O–H groups in total. The predicted octanol–water partition coefficient (Wildman–Crippen LogP) is 16.6. The van der Waals surface area contributed by atoms with Crippen LogP contribution in [-0.4, -0.2) is 83.7 Å². The number of phenols is 2. The largest absolute Gasteiger partial charge is 0.504 e. The molecule has 0 spiro atoms. The van der Waals surface area contributed by atoms with Gasteiger partial charge >= 0.3 is 0 Å². The summed E-state index contributed by atoms with van der Waals surface area (Å²) in [6, 6.07) is 27.1. The maximum atomic E-state index is 14.3. The standard InChI is InChI=1S/C25H24F2N2.C25H26N2O2.C23H20F2N2.C23H22N2/c1-14-23(17-7-3-5-9-21(17)28-14)25(16-11-12-19(26)20(27)13-16)24-15(2)29-22-10-6-4-8-18(22)24;1-14-23(17-7-3-5-9-19(17)26-14)25(16-11-12-21(28)22(29)13-16)24-15(2)27-20-10-6-4-8-18(20)24;24-19-10-9-14(11-20(19)25)23(17-12-26-21-7-3-1-5-15(17)21)18-13-27-22-8-4-2-6-16(18)22;1-2-8-16(9-3-1)23(19-14-24-21-12-6-4-10-17(19)21)20-15-25-22-13-7-5-11-18(20)22/h3-14,18,21-22,25,28-29H,1-2H3;3-14,18-20,25-29H,1-2H3;1-12,15,21-23,26-27H,13H2;1-14,17,21-25H,15H2. The van der Waals surface area contributed by atoms with Crippen LogP contribution in [0.25, 0.3) is 0 Å². The number of benzene rings is 4. The minimum Gasteiger partial charge on any atom is -0.504 e. The highest BCUT2D eigenvalue weighted by Crippen LogP contribution is 2.52. The second-order valence-electron chi connectivity index (χ2n) is 30.8. The Bertz CT molecular complexity index is 5010. The van der Waals surface area contributed by atoms with E-state index in [1.807, 2.05) is 30.4 Å². The van der Waals surface area contributed by atoms with E-state index in [-0.39, 0.29) is 95.3 Å². The first kappa shape index (κ1) is 71.9. The molecule has 4 aromatic rings. The van der Waals surface area contributed by atoms with Gasteiger partial charge in [0.1, 0.15) is 0 Å². The fraction of sp³-hybridized carbons (Fsp3) is 0.250. The first-order chi connectivity index (χ1) is 53.7. The molecule has 14 heteroatoms. The van der Waals surface area contributed by atoms with Gasteiger partial charge in [-0.25, -0.2) is 17.6 Å². The molecular weight excluding hydrogens is 1370 g/mol. The van der Waals surface area contributed by atoms with Crippen LogP contribution in [0.4, 0.5) is 17.6 Å². The number of rotatable bonds is 12. The summed E-state index contributed by atoms with van der Waals surface area (Å²) in [5.41, 5.74) is 22.0. The fourth-order valence-electron chi connectivity index (χ4n) is 19.6. The molecule has 8 aliphatic heterocycles. The molecule has 0 aromatic heterocycles. The topological polar surface area (TPSA) is 137 Å². The predicted molar refractivity (Wildman–Crippen MR) is 434 cm³/mol. The molecule has 10 nitrogen and oxygen atoms in total. The van der Waals surface area contributed by atoms with E-state index in [2.05, 4.69) is 283 Å². The summed E-state index contributed by atoms with van der Waals surface area (Å²) in [5.74, 6) is -2.16. The van der Waals surface area contributed by atoms with Crippen molar-refractivity contribution in [1.29, 1.82) is 0 Å². The van der Waals surface area contributed by atoms with E-state index in [1.165, 1.54) is 102 Å². The number of aromatic hydroxyl groups is 2. The average molecular weight is 1470 g/mol. The molecule has 18 atom stereocenters. The van der Waals surface area contributed by atoms with Crippen molar-refractivity contribution in [3.63, 3.8) is 0 Å². The quantitative estimate of drug-likeness (QED) is 0.0493. The Hall–Kier alpha value is -11.0. The molecule has 556 valence electrons. The van der Waals surface area contributed by atoms with Gasteiger partial charge in [-0.1, -0.05) is 243 Å². The van der Waals surface area contributed by atoms with Gasteiger partial charge in [0.15, 0.2) is 34.8 Å². The number of allylic oxidation sites excluding steroid dienone is 18. The summed E-state index contributed by atoms with van der Waals surface area (Å²) in [7, 11) is 0. The molecule has 20 rings (SSSR count). The summed E-state index contributed by atoms with van der Waals surface area (Å²) >= 11 is 0. The summed E-state index contributed by atoms with van der Waals surface area (Å²) in [6.45, 7) is 10.3. The second kappa shape index (κ2) is 30.8. The monoisotopic (exact) mass is 1460 g/mol. The van der Waals surface area contributed by atoms with Gasteiger partial charge in [-0.05, 0) is 166 Å². The van der Waals surface area contributed by atoms with E-state index >= 15 is 0 Å². The van der Waals surface area contributed by atoms with Crippen molar-refractivity contribution in [2.45, 2.75) is 112 Å². The Morgan fingerprint density at radius 3 is 1.18 bits per heavy atom. The third-order valence-electron chi connectivity index (χ3n) is 24.5. The molecule has 4 aromatic carbocycles. The van der Waals surface area contributed by atoms with Gasteiger partial charge in [-0.2, -0.15) is 0 Å². The molecule has 0 fully saturated rings. The Morgan fingerprint density at radius 1 is 0.345 bits per heavy atom. The van der Waals surface area contributed by atoms with Crippen molar-refractivity contribution in [2.75, 3.05) is 13.1 Å². The maximum absolute atomic E-state index is 14.3. The maximum Gasteiger partial charge on any atom is 0.159 e. The molecule has 0 amide bonds. The lowest BCUT2D eigenvalue weighted by atomic mass is 9.73. The molecule has 0 saturated carbocycles. The Labute approximate surface area is 642 Å². The van der Waals surface area contributed by atoms with Crippen molar-refractivity contribution in [1.82, 2.24) is 42.5 Å². The minimum atomic E-state index is -0.810. The van der Waals surface area contributed by atoms with Gasteiger partial charge in [-0.3, -0.25) is 0 Å². The molecule has 0 bridgehead atoms. The van der Waals surface area contributed by atoms with Crippen molar-refractivity contribution >= 4 is 0 Å². The Morgan fingerprint density at radius 2 is 0.727 bits per heavy atom. The lowest BCUT2D eigenvalue weighted by Crippen LogP contribution is -2.31. The van der Waals surface area contributed by atoms with Gasteiger partial charge in [0, 0.05) is 83.9 Å². The van der Waals surface area contributed by atoms with Crippen LogP contribution in [0.2, 0.25) is 0 Å². The number of hydrogen-bond donors (Lipinski definition) is 10. The number of phenolic OH excluding ortho intramolecular Hbond substituents is 2. The summed E-state index contributed by atoms with van der Waals surface area (Å²) in [5, 5.41) is 48.9. The van der Waals surface area contributed by atoms with E-state index in [9.17, 15) is 27.8 Å². The van der Waals surface area contributed by atoms with Crippen LogP contribution >= 0.6 is 0 Å². The van der Waals surface area contributed by atoms with Gasteiger partial charge in [-0.15, -0.1) is 0 Å². The first-order valence-electron chi connectivity index (χ1n) is 38.8. The lowest BCUT2D eigenvalue weighted by Gasteiger charge is -2.29. The van der Waals surface area contributed by atoms with Crippen molar-refractivity contribution in [3.8, 4) is 11.5 Å². The van der Waals surface area contributed by atoms with Crippen molar-refractivity contribution in [2.24, 2.45) is 23.7 Å². The lowest BCUT2D eigenvalue weighted by molar-refractivity contribution is 0.403. The van der Waals surface area contributed by atoms with Gasteiger partial charge in [0.2, 0.25) is 0 Å². The molecule has 0 radical (unpaired) electrons. The van der Waals surface area contributed by atoms with Crippen LogP contribution < -0.4 is 42.5 Å². The number of halogens is 4. The molecule has 16 aliphatic rings. The van der Waals surface area contributed by atoms with Crippen LogP contribution in [0, 0.1) is 46.9 Å². The van der Waals surface area contributed by atoms with E-state index in [0.29, 0.717) is 23.9 Å². The number of hydrogen-bond acceptors (Lipinski definition) is 10. The van der Waals surface area contributed by atoms with Gasteiger partial charge in [0.05, 0.1) is 48.3 Å². The molecular formula is C96H92F4N8O2. The normalized spacial score (nSPS) is 30.0. The zero-order valence-corrected chi connectivity index (χ0v) is 61.9. The highest BCUT2D eigenvalue weighted by molar-refractivity contribution is 5.62. The second-order valence-corrected chi connectivity index (χ2v) is 30.8. The third-order valence-corrected chi connectivity index (χ3v) is 24.5. The van der Waals surface area contributed by atoms with Crippen LogP contribution in [-0.2, 0) is 0 Å². The SMILES string of the molecule is C1=CC2=C(C(C3=CNC4C=CC=CC34)c3ccccc3)CNC2C=C1.CC1=C(C(C2=C3C=CC=CC3NC2C)c2ccc(F)c(F)c2)C2C=CC=CC2N1.CC1=C(C(C2=C3C=CC=CC3NC2C)c2ccc(O)c(O)c2)C2C=CC=CC2N1.Fc1ccc(C(C2=CNC3C=CC=CC23)C2=C3C=CC=CC3NC2)cc1F. The highest BCUT2D eigenvalue weighted by atomic mass is 19.2. The number of nitrogens with one attached hydrogen (secondary N) is 8. The van der Waals surface area contributed by atoms with E-state index in [0.717, 1.165) is 35.5 Å². The summed E-state index contributed by atoms with van der Waals surface area (Å²) < 4.78 is 55.7. The van der Waals surface area contributed by atoms with Gasteiger partial charge in [0.25, 0.3) is 0 Å². The average Bonchev–Trinajstić information content (AvgIpc) is 1.59. The summed E-state index contributed by atoms with van der Waals surface area (Å²) in [4.78, 5) is 0. The van der Waals surface area contributed by atoms with E-state index in [1.54, 1.807) is 24.3 Å². The zero-order valence-electron chi connectivity index (χ0n) is 61.9. The van der Waals surface area contributed by atoms with E-state index in [4.69, 9.17) is 0 Å². The molecule has 18 unspecified atom stereocenters. The fourth-order valence-corrected chi connectivity index (χ4v) is 19.6. The molecule has 8 aliphatic carbocycles. The summed E-state index contributed by atoms with van der Waals surface area (Å²) in [6.07, 6.45) is 73.1. The first-order valence-corrected chi connectivity index (χ1v) is 38.8. The number of fused-ring (bicyclic) bond motifs is 8. The van der Waals surface area contributed by atoms with Crippen LogP contribution in [0.1, 0.15) is 73.6 Å². The highest BCUT2D eigenvalue weighted by Gasteiger charge is 2.46. The third kappa shape index (κ3) is 13.6. The van der Waals surface area contributed by atoms with Crippen LogP contribution in [0.15, 0.2) is 370 Å². The molecule has 8 heterocycles. The zero-order chi connectivity index (χ0) is 75.3. The molecule has 110 heavy (non-hydrogen) atoms. The Kier molecular flexibility index (Phi) is 20.1. The van der Waals surface area contributed by atoms with Crippen LogP contribution in [0.5, 0.6) is 11.5 Å². The molecule has 0 saturated heterocycles. The smallest absolute Gasteiger partial charge is 0.159 e. The minimum absolute atomic E-state index is 0.0128. The van der Waals surface area contributed by atoms with Crippen molar-refractivity contribution in [3.05, 3.63) is 416 Å².